The normalized spacial score (nSPS) is 14.6. The molecule has 1 aliphatic rings. The molecule has 1 fully saturated rings. The molecule has 0 aliphatic heterocycles. The molecule has 4 heteroatoms. The predicted octanol–water partition coefficient (Wildman–Crippen LogP) is 2.11. The van der Waals surface area contributed by atoms with Crippen molar-refractivity contribution in [3.05, 3.63) is 23.8 Å². The number of phenols is 2. The Labute approximate surface area is 100 Å². The van der Waals surface area contributed by atoms with Crippen molar-refractivity contribution in [1.29, 1.82) is 0 Å². The lowest BCUT2D eigenvalue weighted by molar-refractivity contribution is 0.0742. The van der Waals surface area contributed by atoms with Crippen LogP contribution in [0.25, 0.3) is 0 Å². The van der Waals surface area contributed by atoms with Gasteiger partial charge in [-0.1, -0.05) is 6.92 Å². The Morgan fingerprint density at radius 1 is 1.29 bits per heavy atom. The summed E-state index contributed by atoms with van der Waals surface area (Å²) in [6.07, 6.45) is 3.01. The van der Waals surface area contributed by atoms with E-state index in [9.17, 15) is 15.0 Å². The van der Waals surface area contributed by atoms with Crippen LogP contribution in [-0.2, 0) is 0 Å². The monoisotopic (exact) mass is 235 g/mol. The lowest BCUT2D eigenvalue weighted by Crippen LogP contribution is -2.33. The molecule has 1 aromatic rings. The largest absolute Gasteiger partial charge is 0.508 e. The number of hydrogen-bond donors (Lipinski definition) is 2. The molecule has 1 saturated carbocycles. The molecule has 0 unspecified atom stereocenters. The van der Waals surface area contributed by atoms with Gasteiger partial charge in [-0.2, -0.15) is 0 Å². The fourth-order valence-electron chi connectivity index (χ4n) is 1.96. The molecule has 17 heavy (non-hydrogen) atoms. The second kappa shape index (κ2) is 4.65. The summed E-state index contributed by atoms with van der Waals surface area (Å²) in [5, 5.41) is 18.8. The number of carbonyl (C=O) groups excluding carboxylic acids is 1. The van der Waals surface area contributed by atoms with Crippen LogP contribution in [0.15, 0.2) is 18.2 Å². The van der Waals surface area contributed by atoms with Gasteiger partial charge in [-0.15, -0.1) is 0 Å². The van der Waals surface area contributed by atoms with Crippen LogP contribution in [-0.4, -0.2) is 33.6 Å². The van der Waals surface area contributed by atoms with Crippen LogP contribution in [0.5, 0.6) is 11.5 Å². The molecular formula is C13H17NO3. The van der Waals surface area contributed by atoms with Crippen molar-refractivity contribution in [3.8, 4) is 11.5 Å². The van der Waals surface area contributed by atoms with Crippen molar-refractivity contribution < 1.29 is 15.0 Å². The van der Waals surface area contributed by atoms with Gasteiger partial charge in [-0.25, -0.2) is 0 Å². The zero-order valence-electron chi connectivity index (χ0n) is 9.89. The summed E-state index contributed by atoms with van der Waals surface area (Å²) >= 11 is 0. The van der Waals surface area contributed by atoms with E-state index >= 15 is 0 Å². The molecule has 2 rings (SSSR count). The molecule has 0 bridgehead atoms. The van der Waals surface area contributed by atoms with Crippen LogP contribution >= 0.6 is 0 Å². The first-order valence-corrected chi connectivity index (χ1v) is 5.96. The van der Waals surface area contributed by atoms with Crippen molar-refractivity contribution >= 4 is 5.91 Å². The van der Waals surface area contributed by atoms with Gasteiger partial charge in [-0.05, 0) is 31.4 Å². The smallest absolute Gasteiger partial charge is 0.254 e. The fraction of sp³-hybridized carbons (Fsp3) is 0.462. The highest BCUT2D eigenvalue weighted by molar-refractivity contribution is 5.95. The molecule has 0 saturated heterocycles. The van der Waals surface area contributed by atoms with Crippen molar-refractivity contribution in [1.82, 2.24) is 4.90 Å². The number of carbonyl (C=O) groups is 1. The summed E-state index contributed by atoms with van der Waals surface area (Å²) in [6, 6.07) is 4.35. The van der Waals surface area contributed by atoms with Crippen LogP contribution in [0.4, 0.5) is 0 Å². The summed E-state index contributed by atoms with van der Waals surface area (Å²) in [5.74, 6) is -0.276. The maximum atomic E-state index is 12.2. The Morgan fingerprint density at radius 2 is 1.88 bits per heavy atom. The summed E-state index contributed by atoms with van der Waals surface area (Å²) in [6.45, 7) is 2.75. The molecule has 1 amide bonds. The van der Waals surface area contributed by atoms with Crippen LogP contribution < -0.4 is 0 Å². The van der Waals surface area contributed by atoms with Gasteiger partial charge in [-0.3, -0.25) is 4.79 Å². The van der Waals surface area contributed by atoms with Gasteiger partial charge in [0.1, 0.15) is 11.5 Å². The molecule has 2 N–H and O–H groups in total. The third-order valence-electron chi connectivity index (χ3n) is 2.86. The predicted molar refractivity (Wildman–Crippen MR) is 64.1 cm³/mol. The molecule has 0 spiro atoms. The highest BCUT2D eigenvalue weighted by atomic mass is 16.3. The summed E-state index contributed by atoms with van der Waals surface area (Å²) in [4.78, 5) is 14.1. The Balaban J connectivity index is 2.21. The highest BCUT2D eigenvalue weighted by Crippen LogP contribution is 2.30. The van der Waals surface area contributed by atoms with E-state index in [2.05, 4.69) is 0 Å². The number of amides is 1. The summed E-state index contributed by atoms with van der Waals surface area (Å²) in [7, 11) is 0. The molecule has 0 heterocycles. The van der Waals surface area contributed by atoms with E-state index in [1.165, 1.54) is 18.2 Å². The Bertz CT molecular complexity index is 406. The van der Waals surface area contributed by atoms with Crippen molar-refractivity contribution in [3.63, 3.8) is 0 Å². The zero-order valence-corrected chi connectivity index (χ0v) is 9.89. The number of rotatable bonds is 4. The molecular weight excluding hydrogens is 218 g/mol. The van der Waals surface area contributed by atoms with E-state index in [0.29, 0.717) is 11.6 Å². The fourth-order valence-corrected chi connectivity index (χ4v) is 1.96. The molecule has 1 aliphatic carbocycles. The molecule has 0 aromatic heterocycles. The minimum Gasteiger partial charge on any atom is -0.508 e. The second-order valence-corrected chi connectivity index (χ2v) is 4.47. The van der Waals surface area contributed by atoms with Gasteiger partial charge < -0.3 is 15.1 Å². The number of benzene rings is 1. The maximum absolute atomic E-state index is 12.2. The molecule has 92 valence electrons. The van der Waals surface area contributed by atoms with E-state index in [1.807, 2.05) is 11.8 Å². The third-order valence-corrected chi connectivity index (χ3v) is 2.86. The van der Waals surface area contributed by atoms with Crippen LogP contribution in [0, 0.1) is 0 Å². The minimum atomic E-state index is -0.111. The van der Waals surface area contributed by atoms with E-state index in [-0.39, 0.29) is 17.4 Å². The van der Waals surface area contributed by atoms with Crippen LogP contribution in [0.3, 0.4) is 0 Å². The first-order valence-electron chi connectivity index (χ1n) is 5.96. The first kappa shape index (κ1) is 11.8. The van der Waals surface area contributed by atoms with Crippen molar-refractivity contribution in [2.45, 2.75) is 32.2 Å². The van der Waals surface area contributed by atoms with Crippen molar-refractivity contribution in [2.24, 2.45) is 0 Å². The quantitative estimate of drug-likeness (QED) is 0.840. The van der Waals surface area contributed by atoms with E-state index in [1.54, 1.807) is 0 Å². The van der Waals surface area contributed by atoms with Gasteiger partial charge in [0, 0.05) is 24.2 Å². The number of nitrogens with zero attached hydrogens (tertiary/aromatic N) is 1. The third kappa shape index (κ3) is 2.70. The van der Waals surface area contributed by atoms with Crippen molar-refractivity contribution in [2.75, 3.05) is 6.54 Å². The minimum absolute atomic E-state index is 0.0828. The Hall–Kier alpha value is -1.71. The molecule has 1 aromatic carbocycles. The first-order chi connectivity index (χ1) is 8.11. The second-order valence-electron chi connectivity index (χ2n) is 4.47. The van der Waals surface area contributed by atoms with E-state index < -0.39 is 0 Å². The summed E-state index contributed by atoms with van der Waals surface area (Å²) in [5.41, 5.74) is 0.350. The number of phenolic OH excluding ortho intramolecular Hbond substituents is 2. The Kier molecular flexibility index (Phi) is 3.22. The average Bonchev–Trinajstić information content (AvgIpc) is 3.07. The van der Waals surface area contributed by atoms with E-state index in [4.69, 9.17) is 0 Å². The van der Waals surface area contributed by atoms with Gasteiger partial charge >= 0.3 is 0 Å². The van der Waals surface area contributed by atoms with E-state index in [0.717, 1.165) is 25.8 Å². The number of hydrogen-bond acceptors (Lipinski definition) is 3. The Morgan fingerprint density at radius 3 is 2.35 bits per heavy atom. The van der Waals surface area contributed by atoms with Crippen LogP contribution in [0.2, 0.25) is 0 Å². The van der Waals surface area contributed by atoms with Gasteiger partial charge in [0.2, 0.25) is 0 Å². The molecule has 0 atom stereocenters. The average molecular weight is 235 g/mol. The lowest BCUT2D eigenvalue weighted by Gasteiger charge is -2.21. The van der Waals surface area contributed by atoms with Gasteiger partial charge in [0.15, 0.2) is 0 Å². The standard InChI is InChI=1S/C13H17NO3/c1-2-5-14(10-3-4-10)13(17)9-6-11(15)8-12(16)7-9/h6-8,10,15-16H,2-5H2,1H3. The van der Waals surface area contributed by atoms with Gasteiger partial charge in [0.05, 0.1) is 0 Å². The number of aromatic hydroxyl groups is 2. The topological polar surface area (TPSA) is 60.8 Å². The zero-order chi connectivity index (χ0) is 12.4. The highest BCUT2D eigenvalue weighted by Gasteiger charge is 2.32. The van der Waals surface area contributed by atoms with Crippen LogP contribution in [0.1, 0.15) is 36.5 Å². The SMILES string of the molecule is CCCN(C(=O)c1cc(O)cc(O)c1)C1CC1. The molecule has 0 radical (unpaired) electrons. The van der Waals surface area contributed by atoms with Gasteiger partial charge in [0.25, 0.3) is 5.91 Å². The molecule has 4 nitrogen and oxygen atoms in total. The summed E-state index contributed by atoms with van der Waals surface area (Å²) < 4.78 is 0. The maximum Gasteiger partial charge on any atom is 0.254 e. The lowest BCUT2D eigenvalue weighted by atomic mass is 10.1.